The van der Waals surface area contributed by atoms with Crippen LogP contribution >= 0.6 is 0 Å². The first-order valence-electron chi connectivity index (χ1n) is 4.78. The van der Waals surface area contributed by atoms with Gasteiger partial charge in [0.15, 0.2) is 5.65 Å². The lowest BCUT2D eigenvalue weighted by Gasteiger charge is -2.09. The second-order valence-corrected chi connectivity index (χ2v) is 3.50. The van der Waals surface area contributed by atoms with Gasteiger partial charge in [0, 0.05) is 13.2 Å². The fourth-order valence-corrected chi connectivity index (χ4v) is 1.61. The molecule has 2 rings (SSSR count). The zero-order valence-electron chi connectivity index (χ0n) is 8.95. The molecule has 0 bridgehead atoms. The van der Waals surface area contributed by atoms with E-state index in [4.69, 9.17) is 5.11 Å². The van der Waals surface area contributed by atoms with E-state index in [1.54, 1.807) is 12.1 Å². The highest BCUT2D eigenvalue weighted by atomic mass is 16.4. The average molecular weight is 235 g/mol. The minimum absolute atomic E-state index is 0.276. The maximum atomic E-state index is 11.7. The Hall–Kier alpha value is -2.44. The lowest BCUT2D eigenvalue weighted by Crippen LogP contribution is -2.41. The van der Waals surface area contributed by atoms with Crippen LogP contribution in [0.1, 0.15) is 0 Å². The van der Waals surface area contributed by atoms with Gasteiger partial charge in [-0.2, -0.15) is 0 Å². The van der Waals surface area contributed by atoms with Crippen molar-refractivity contribution in [1.29, 1.82) is 0 Å². The predicted molar refractivity (Wildman–Crippen MR) is 58.9 cm³/mol. The lowest BCUT2D eigenvalue weighted by molar-refractivity contribution is -0.137. The molecule has 88 valence electrons. The molecule has 0 atom stereocenters. The number of pyridine rings is 1. The molecular formula is C10H9N3O4. The van der Waals surface area contributed by atoms with Crippen molar-refractivity contribution in [2.45, 2.75) is 6.54 Å². The van der Waals surface area contributed by atoms with Crippen LogP contribution in [0.4, 0.5) is 0 Å². The summed E-state index contributed by atoms with van der Waals surface area (Å²) in [5.41, 5.74) is -1.06. The second kappa shape index (κ2) is 3.85. The molecule has 0 fully saturated rings. The van der Waals surface area contributed by atoms with Crippen molar-refractivity contribution < 1.29 is 9.90 Å². The highest BCUT2D eigenvalue weighted by Crippen LogP contribution is 2.05. The standard InChI is InChI=1S/C10H9N3O4/c1-12-8-6(3-2-4-11-8)13(5-7(14)15)10(17)9(12)16/h2-4H,5H2,1H3,(H,14,15). The third-order valence-corrected chi connectivity index (χ3v) is 2.40. The summed E-state index contributed by atoms with van der Waals surface area (Å²) in [6.07, 6.45) is 1.47. The molecule has 0 radical (unpaired) electrons. The van der Waals surface area contributed by atoms with Crippen LogP contribution in [0, 0.1) is 0 Å². The van der Waals surface area contributed by atoms with Crippen LogP contribution in [0.5, 0.6) is 0 Å². The van der Waals surface area contributed by atoms with Crippen molar-refractivity contribution in [3.63, 3.8) is 0 Å². The summed E-state index contributed by atoms with van der Waals surface area (Å²) in [5, 5.41) is 8.72. The predicted octanol–water partition coefficient (Wildman–Crippen LogP) is -0.820. The third kappa shape index (κ3) is 1.71. The van der Waals surface area contributed by atoms with Crippen LogP contribution in [-0.4, -0.2) is 25.2 Å². The van der Waals surface area contributed by atoms with Gasteiger partial charge >= 0.3 is 17.1 Å². The Balaban J connectivity index is 2.95. The number of aliphatic carboxylic acids is 1. The maximum Gasteiger partial charge on any atom is 0.323 e. The number of hydrogen-bond donors (Lipinski definition) is 1. The van der Waals surface area contributed by atoms with Crippen LogP contribution in [0.25, 0.3) is 11.2 Å². The molecule has 0 spiro atoms. The van der Waals surface area contributed by atoms with E-state index in [0.29, 0.717) is 5.52 Å². The number of aryl methyl sites for hydroxylation is 1. The first-order valence-corrected chi connectivity index (χ1v) is 4.78. The molecule has 1 N–H and O–H groups in total. The fraction of sp³-hybridized carbons (Fsp3) is 0.200. The van der Waals surface area contributed by atoms with Gasteiger partial charge in [0.05, 0.1) is 5.52 Å². The van der Waals surface area contributed by atoms with Crippen molar-refractivity contribution in [3.8, 4) is 0 Å². The number of aromatic nitrogens is 3. The number of rotatable bonds is 2. The smallest absolute Gasteiger partial charge is 0.323 e. The molecule has 7 nitrogen and oxygen atoms in total. The highest BCUT2D eigenvalue weighted by molar-refractivity contribution is 5.74. The van der Waals surface area contributed by atoms with Crippen LogP contribution in [0.3, 0.4) is 0 Å². The van der Waals surface area contributed by atoms with Crippen molar-refractivity contribution in [2.75, 3.05) is 0 Å². The van der Waals surface area contributed by atoms with E-state index in [0.717, 1.165) is 9.13 Å². The summed E-state index contributed by atoms with van der Waals surface area (Å²) < 4.78 is 2.02. The molecule has 0 unspecified atom stereocenters. The van der Waals surface area contributed by atoms with E-state index in [1.165, 1.54) is 13.2 Å². The molecule has 2 heterocycles. The van der Waals surface area contributed by atoms with Gasteiger partial charge in [-0.05, 0) is 12.1 Å². The van der Waals surface area contributed by atoms with Gasteiger partial charge in [0.25, 0.3) is 0 Å². The Bertz CT molecular complexity index is 714. The van der Waals surface area contributed by atoms with Crippen molar-refractivity contribution >= 4 is 17.1 Å². The molecule has 2 aromatic heterocycles. The van der Waals surface area contributed by atoms with Gasteiger partial charge in [0.2, 0.25) is 0 Å². The highest BCUT2D eigenvalue weighted by Gasteiger charge is 2.13. The van der Waals surface area contributed by atoms with E-state index in [-0.39, 0.29) is 5.65 Å². The van der Waals surface area contributed by atoms with Gasteiger partial charge < -0.3 is 5.11 Å². The van der Waals surface area contributed by atoms with Crippen LogP contribution in [-0.2, 0) is 18.4 Å². The maximum absolute atomic E-state index is 11.7. The van der Waals surface area contributed by atoms with Crippen LogP contribution in [0.2, 0.25) is 0 Å². The van der Waals surface area contributed by atoms with Crippen LogP contribution in [0.15, 0.2) is 27.9 Å². The fourth-order valence-electron chi connectivity index (χ4n) is 1.61. The number of hydrogen-bond acceptors (Lipinski definition) is 4. The molecule has 0 aliphatic rings. The van der Waals surface area contributed by atoms with Gasteiger partial charge in [0.1, 0.15) is 6.54 Å². The molecule has 7 heteroatoms. The van der Waals surface area contributed by atoms with Crippen molar-refractivity contribution in [2.24, 2.45) is 7.05 Å². The van der Waals surface area contributed by atoms with E-state index < -0.39 is 23.6 Å². The summed E-state index contributed by atoms with van der Waals surface area (Å²) in [4.78, 5) is 37.9. The van der Waals surface area contributed by atoms with E-state index in [1.807, 2.05) is 0 Å². The SMILES string of the molecule is Cn1c(=O)c(=O)n(CC(=O)O)c2cccnc21. The summed E-state index contributed by atoms with van der Waals surface area (Å²) in [6.45, 7) is -0.558. The Kier molecular flexibility index (Phi) is 2.51. The van der Waals surface area contributed by atoms with Crippen molar-refractivity contribution in [1.82, 2.24) is 14.1 Å². The van der Waals surface area contributed by atoms with Crippen molar-refractivity contribution in [3.05, 3.63) is 39.0 Å². The molecule has 0 saturated heterocycles. The van der Waals surface area contributed by atoms with Gasteiger partial charge in [-0.15, -0.1) is 0 Å². The topological polar surface area (TPSA) is 94.2 Å². The Morgan fingerprint density at radius 1 is 1.41 bits per heavy atom. The normalized spacial score (nSPS) is 10.6. The first kappa shape index (κ1) is 11.1. The number of carbonyl (C=O) groups is 1. The summed E-state index contributed by atoms with van der Waals surface area (Å²) in [5.74, 6) is -1.19. The zero-order chi connectivity index (χ0) is 12.6. The minimum atomic E-state index is -1.19. The number of nitrogens with zero attached hydrogens (tertiary/aromatic N) is 3. The van der Waals surface area contributed by atoms with Crippen LogP contribution < -0.4 is 11.1 Å². The molecule has 0 aromatic carbocycles. The van der Waals surface area contributed by atoms with Gasteiger partial charge in [-0.1, -0.05) is 0 Å². The summed E-state index contributed by atoms with van der Waals surface area (Å²) in [6, 6.07) is 3.12. The Labute approximate surface area is 94.6 Å². The zero-order valence-corrected chi connectivity index (χ0v) is 8.95. The molecule has 0 saturated carbocycles. The monoisotopic (exact) mass is 235 g/mol. The number of fused-ring (bicyclic) bond motifs is 1. The average Bonchev–Trinajstić information content (AvgIpc) is 2.31. The largest absolute Gasteiger partial charge is 0.480 e. The summed E-state index contributed by atoms with van der Waals surface area (Å²) in [7, 11) is 1.42. The third-order valence-electron chi connectivity index (χ3n) is 2.40. The molecule has 0 aliphatic carbocycles. The molecule has 0 amide bonds. The first-order chi connectivity index (χ1) is 8.02. The van der Waals surface area contributed by atoms with E-state index >= 15 is 0 Å². The van der Waals surface area contributed by atoms with Gasteiger partial charge in [-0.25, -0.2) is 4.98 Å². The molecule has 2 aromatic rings. The molecule has 0 aliphatic heterocycles. The minimum Gasteiger partial charge on any atom is -0.480 e. The lowest BCUT2D eigenvalue weighted by atomic mass is 10.4. The Morgan fingerprint density at radius 3 is 2.76 bits per heavy atom. The second-order valence-electron chi connectivity index (χ2n) is 3.50. The molecular weight excluding hydrogens is 226 g/mol. The van der Waals surface area contributed by atoms with E-state index in [2.05, 4.69) is 4.98 Å². The Morgan fingerprint density at radius 2 is 2.12 bits per heavy atom. The van der Waals surface area contributed by atoms with E-state index in [9.17, 15) is 14.4 Å². The number of carboxylic acids is 1. The van der Waals surface area contributed by atoms with Gasteiger partial charge in [-0.3, -0.25) is 23.5 Å². The number of carboxylic acid groups (broad SMARTS) is 1. The quantitative estimate of drug-likeness (QED) is 0.686. The summed E-state index contributed by atoms with van der Waals surface area (Å²) >= 11 is 0. The molecule has 17 heavy (non-hydrogen) atoms.